The number of halogens is 3. The fourth-order valence-corrected chi connectivity index (χ4v) is 2.20. The van der Waals surface area contributed by atoms with Crippen molar-refractivity contribution in [2.75, 3.05) is 6.54 Å². The summed E-state index contributed by atoms with van der Waals surface area (Å²) in [5.41, 5.74) is 0. The molecule has 1 fully saturated rings. The van der Waals surface area contributed by atoms with E-state index in [4.69, 9.17) is 5.11 Å². The molecule has 0 aromatic carbocycles. The molecule has 1 aliphatic rings. The van der Waals surface area contributed by atoms with E-state index >= 15 is 0 Å². The summed E-state index contributed by atoms with van der Waals surface area (Å²) in [4.78, 5) is 35.3. The number of carbonyl (C=O) groups is 3. The first-order valence-corrected chi connectivity index (χ1v) is 6.46. The van der Waals surface area contributed by atoms with E-state index in [1.165, 1.54) is 13.8 Å². The number of carboxylic acids is 1. The van der Waals surface area contributed by atoms with E-state index < -0.39 is 42.0 Å². The van der Waals surface area contributed by atoms with Gasteiger partial charge in [-0.2, -0.15) is 13.2 Å². The third kappa shape index (κ3) is 4.08. The number of nitrogens with one attached hydrogen (secondary N) is 1. The first-order valence-electron chi connectivity index (χ1n) is 6.46. The van der Waals surface area contributed by atoms with Gasteiger partial charge in [0.1, 0.15) is 12.1 Å². The maximum atomic E-state index is 12.3. The molecule has 6 nitrogen and oxygen atoms in total. The van der Waals surface area contributed by atoms with Gasteiger partial charge in [-0.25, -0.2) is 4.79 Å². The van der Waals surface area contributed by atoms with Crippen LogP contribution in [0.4, 0.5) is 13.2 Å². The minimum absolute atomic E-state index is 0.154. The molecule has 9 heteroatoms. The fraction of sp³-hybridized carbons (Fsp3) is 0.750. The minimum Gasteiger partial charge on any atom is -0.480 e. The predicted octanol–water partition coefficient (Wildman–Crippen LogP) is 0.765. The van der Waals surface area contributed by atoms with Gasteiger partial charge in [0.25, 0.3) is 0 Å². The number of alkyl halides is 3. The number of hydrogen-bond donors (Lipinski definition) is 2. The topological polar surface area (TPSA) is 86.7 Å². The van der Waals surface area contributed by atoms with Crippen molar-refractivity contribution >= 4 is 17.8 Å². The molecule has 0 bridgehead atoms. The van der Waals surface area contributed by atoms with Crippen LogP contribution in [0.5, 0.6) is 0 Å². The quantitative estimate of drug-likeness (QED) is 0.803. The van der Waals surface area contributed by atoms with E-state index in [0.29, 0.717) is 6.42 Å². The Morgan fingerprint density at radius 1 is 1.29 bits per heavy atom. The molecule has 1 saturated heterocycles. The molecule has 0 aromatic rings. The molecular weight excluding hydrogens is 293 g/mol. The number of carboxylic acid groups (broad SMARTS) is 1. The highest BCUT2D eigenvalue weighted by Gasteiger charge is 2.44. The Morgan fingerprint density at radius 2 is 1.86 bits per heavy atom. The van der Waals surface area contributed by atoms with Crippen LogP contribution < -0.4 is 5.32 Å². The van der Waals surface area contributed by atoms with Gasteiger partial charge in [-0.15, -0.1) is 0 Å². The van der Waals surface area contributed by atoms with Crippen LogP contribution in [0.2, 0.25) is 0 Å². The third-order valence-electron chi connectivity index (χ3n) is 3.30. The standard InChI is InChI=1S/C12H17F3N2O4/c1-6(2)8(16-11(21)12(13,14)15)9(18)17-5-3-4-7(17)10(19)20/h6-8H,3-5H2,1-2H3,(H,16,21)(H,19,20)/t7?,8-/m0/s1. The number of rotatable bonds is 4. The van der Waals surface area contributed by atoms with Crippen molar-refractivity contribution in [2.45, 2.75) is 44.9 Å². The zero-order valence-corrected chi connectivity index (χ0v) is 11.6. The number of nitrogens with zero attached hydrogens (tertiary/aromatic N) is 1. The fourth-order valence-electron chi connectivity index (χ4n) is 2.20. The van der Waals surface area contributed by atoms with Crippen LogP contribution >= 0.6 is 0 Å². The second-order valence-electron chi connectivity index (χ2n) is 5.22. The molecule has 2 amide bonds. The lowest BCUT2D eigenvalue weighted by Gasteiger charge is -2.29. The average Bonchev–Trinajstić information content (AvgIpc) is 2.82. The van der Waals surface area contributed by atoms with Gasteiger partial charge < -0.3 is 15.3 Å². The van der Waals surface area contributed by atoms with E-state index in [9.17, 15) is 27.6 Å². The largest absolute Gasteiger partial charge is 0.480 e. The molecule has 1 unspecified atom stereocenters. The Morgan fingerprint density at radius 3 is 2.29 bits per heavy atom. The maximum absolute atomic E-state index is 12.3. The van der Waals surface area contributed by atoms with Crippen molar-refractivity contribution in [3.63, 3.8) is 0 Å². The molecule has 1 rings (SSSR count). The smallest absolute Gasteiger partial charge is 0.471 e. The molecule has 120 valence electrons. The lowest BCUT2D eigenvalue weighted by molar-refractivity contribution is -0.175. The Kier molecular flexibility index (Phi) is 5.19. The van der Waals surface area contributed by atoms with Crippen LogP contribution in [-0.2, 0) is 14.4 Å². The molecule has 21 heavy (non-hydrogen) atoms. The summed E-state index contributed by atoms with van der Waals surface area (Å²) in [6, 6.07) is -2.46. The molecular formula is C12H17F3N2O4. The summed E-state index contributed by atoms with van der Waals surface area (Å²) in [5, 5.41) is 10.6. The Balaban J connectivity index is 2.88. The number of carbonyl (C=O) groups excluding carboxylic acids is 2. The van der Waals surface area contributed by atoms with Gasteiger partial charge in [0.05, 0.1) is 0 Å². The molecule has 1 aliphatic heterocycles. The third-order valence-corrected chi connectivity index (χ3v) is 3.30. The van der Waals surface area contributed by atoms with Gasteiger partial charge in [0.15, 0.2) is 0 Å². The summed E-state index contributed by atoms with van der Waals surface area (Å²) in [6.07, 6.45) is -4.38. The first kappa shape index (κ1) is 17.3. The van der Waals surface area contributed by atoms with E-state index in [2.05, 4.69) is 0 Å². The first-order chi connectivity index (χ1) is 9.55. The van der Waals surface area contributed by atoms with Crippen LogP contribution in [0.25, 0.3) is 0 Å². The highest BCUT2D eigenvalue weighted by atomic mass is 19.4. The maximum Gasteiger partial charge on any atom is 0.471 e. The van der Waals surface area contributed by atoms with Crippen molar-refractivity contribution in [2.24, 2.45) is 5.92 Å². The van der Waals surface area contributed by atoms with E-state index in [1.807, 2.05) is 0 Å². The molecule has 1 heterocycles. The summed E-state index contributed by atoms with van der Waals surface area (Å²) in [7, 11) is 0. The highest BCUT2D eigenvalue weighted by Crippen LogP contribution is 2.21. The van der Waals surface area contributed by atoms with Gasteiger partial charge in [-0.1, -0.05) is 13.8 Å². The molecule has 0 aliphatic carbocycles. The minimum atomic E-state index is -5.09. The van der Waals surface area contributed by atoms with E-state index in [1.54, 1.807) is 5.32 Å². The number of likely N-dealkylation sites (tertiary alicyclic amines) is 1. The predicted molar refractivity (Wildman–Crippen MR) is 65.2 cm³/mol. The lowest BCUT2D eigenvalue weighted by Crippen LogP contribution is -2.55. The summed E-state index contributed by atoms with van der Waals surface area (Å²) < 4.78 is 36.9. The lowest BCUT2D eigenvalue weighted by atomic mass is 10.0. The van der Waals surface area contributed by atoms with Gasteiger partial charge in [0, 0.05) is 6.54 Å². The molecule has 0 spiro atoms. The van der Waals surface area contributed by atoms with Crippen molar-refractivity contribution in [1.82, 2.24) is 10.2 Å². The Hall–Kier alpha value is -1.80. The zero-order valence-electron chi connectivity index (χ0n) is 11.6. The monoisotopic (exact) mass is 310 g/mol. The van der Waals surface area contributed by atoms with Gasteiger partial charge in [0.2, 0.25) is 5.91 Å². The number of hydrogen-bond acceptors (Lipinski definition) is 3. The van der Waals surface area contributed by atoms with Crippen molar-refractivity contribution in [3.05, 3.63) is 0 Å². The number of amides is 2. The number of aliphatic carboxylic acids is 1. The molecule has 2 N–H and O–H groups in total. The second kappa shape index (κ2) is 6.31. The van der Waals surface area contributed by atoms with Gasteiger partial charge in [-0.3, -0.25) is 9.59 Å². The van der Waals surface area contributed by atoms with Crippen LogP contribution in [0, 0.1) is 5.92 Å². The molecule has 2 atom stereocenters. The van der Waals surface area contributed by atoms with Crippen molar-refractivity contribution < 1.29 is 32.7 Å². The Labute approximate surface area is 119 Å². The summed E-state index contributed by atoms with van der Waals surface area (Å²) >= 11 is 0. The molecule has 0 aromatic heterocycles. The average molecular weight is 310 g/mol. The van der Waals surface area contributed by atoms with Crippen LogP contribution in [-0.4, -0.2) is 52.6 Å². The normalized spacial score (nSPS) is 20.5. The van der Waals surface area contributed by atoms with Gasteiger partial charge in [-0.05, 0) is 18.8 Å². The zero-order chi connectivity index (χ0) is 16.4. The molecule has 0 radical (unpaired) electrons. The Bertz CT molecular complexity index is 437. The second-order valence-corrected chi connectivity index (χ2v) is 5.22. The van der Waals surface area contributed by atoms with Crippen molar-refractivity contribution in [3.8, 4) is 0 Å². The SMILES string of the molecule is CC(C)[C@H](NC(=O)C(F)(F)F)C(=O)N1CCCC1C(=O)O. The van der Waals surface area contributed by atoms with Crippen LogP contribution in [0.3, 0.4) is 0 Å². The summed E-state index contributed by atoms with van der Waals surface area (Å²) in [5.74, 6) is -4.81. The van der Waals surface area contributed by atoms with Gasteiger partial charge >= 0.3 is 18.1 Å². The highest BCUT2D eigenvalue weighted by molar-refractivity contribution is 5.92. The van der Waals surface area contributed by atoms with Crippen molar-refractivity contribution in [1.29, 1.82) is 0 Å². The summed E-state index contributed by atoms with van der Waals surface area (Å²) in [6.45, 7) is 3.11. The molecule has 0 saturated carbocycles. The van der Waals surface area contributed by atoms with Crippen LogP contribution in [0.15, 0.2) is 0 Å². The van der Waals surface area contributed by atoms with E-state index in [-0.39, 0.29) is 13.0 Å². The van der Waals surface area contributed by atoms with E-state index in [0.717, 1.165) is 4.90 Å². The van der Waals surface area contributed by atoms with Crippen LogP contribution in [0.1, 0.15) is 26.7 Å².